The Morgan fingerprint density at radius 1 is 1.42 bits per heavy atom. The Balaban J connectivity index is 2.08. The molecule has 1 fully saturated rings. The minimum Gasteiger partial charge on any atom is -0.496 e. The Bertz CT molecular complexity index is 595. The lowest BCUT2D eigenvalue weighted by molar-refractivity contribution is 0.0941. The number of aryl methyl sites for hydroxylation is 1. The largest absolute Gasteiger partial charge is 0.496 e. The van der Waals surface area contributed by atoms with Crippen molar-refractivity contribution in [3.8, 4) is 5.75 Å². The van der Waals surface area contributed by atoms with E-state index in [0.717, 1.165) is 5.56 Å². The number of methoxy groups -OCH3 is 1. The Morgan fingerprint density at radius 3 is 2.74 bits per heavy atom. The molecule has 1 atom stereocenters. The van der Waals surface area contributed by atoms with Gasteiger partial charge in [0.2, 0.25) is 0 Å². The first-order valence-corrected chi connectivity index (χ1v) is 7.89. The van der Waals surface area contributed by atoms with E-state index in [4.69, 9.17) is 4.74 Å². The summed E-state index contributed by atoms with van der Waals surface area (Å²) in [5.41, 5.74) is 1.43. The molecule has 1 aromatic rings. The summed E-state index contributed by atoms with van der Waals surface area (Å²) >= 11 is 0. The molecular weight excluding hydrogens is 266 g/mol. The first kappa shape index (κ1) is 13.9. The predicted molar refractivity (Wildman–Crippen MR) is 72.3 cm³/mol. The molecule has 0 aliphatic carbocycles. The summed E-state index contributed by atoms with van der Waals surface area (Å²) in [4.78, 5) is 12.0. The first-order valence-electron chi connectivity index (χ1n) is 6.07. The first-order chi connectivity index (χ1) is 8.91. The van der Waals surface area contributed by atoms with E-state index in [9.17, 15) is 13.2 Å². The normalized spacial score (nSPS) is 21.1. The molecule has 0 bridgehead atoms. The standard InChI is InChI=1S/C13H17NO4S/c1-9-3-4-10(7-12(9)18-2)13(15)14-11-5-6-19(16,17)8-11/h3-4,7,11H,5-6,8H2,1-2H3,(H,14,15). The third-order valence-electron chi connectivity index (χ3n) is 3.24. The number of amides is 1. The second-order valence-corrected chi connectivity index (χ2v) is 6.99. The summed E-state index contributed by atoms with van der Waals surface area (Å²) in [6.07, 6.45) is 0.483. The van der Waals surface area contributed by atoms with Crippen molar-refractivity contribution in [1.29, 1.82) is 0 Å². The summed E-state index contributed by atoms with van der Waals surface area (Å²) in [7, 11) is -1.43. The van der Waals surface area contributed by atoms with Crippen LogP contribution in [0, 0.1) is 6.92 Å². The van der Waals surface area contributed by atoms with Crippen molar-refractivity contribution in [3.63, 3.8) is 0 Å². The van der Waals surface area contributed by atoms with Gasteiger partial charge in [0.15, 0.2) is 9.84 Å². The van der Waals surface area contributed by atoms with Crippen LogP contribution in [-0.2, 0) is 9.84 Å². The summed E-state index contributed by atoms with van der Waals surface area (Å²) in [5, 5.41) is 2.75. The monoisotopic (exact) mass is 283 g/mol. The number of hydrogen-bond donors (Lipinski definition) is 1. The third kappa shape index (κ3) is 3.26. The average Bonchev–Trinajstić information content (AvgIpc) is 2.69. The van der Waals surface area contributed by atoms with Crippen LogP contribution in [0.3, 0.4) is 0 Å². The molecule has 104 valence electrons. The van der Waals surface area contributed by atoms with E-state index >= 15 is 0 Å². The summed E-state index contributed by atoms with van der Waals surface area (Å²) in [6, 6.07) is 4.88. The molecule has 1 amide bonds. The number of ether oxygens (including phenoxy) is 1. The van der Waals surface area contributed by atoms with Gasteiger partial charge in [-0.2, -0.15) is 0 Å². The number of sulfone groups is 1. The molecule has 2 rings (SSSR count). The van der Waals surface area contributed by atoms with E-state index in [1.807, 2.05) is 6.92 Å². The summed E-state index contributed by atoms with van der Waals surface area (Å²) < 4.78 is 27.8. The number of carbonyl (C=O) groups is 1. The van der Waals surface area contributed by atoms with Crippen LogP contribution in [-0.4, -0.2) is 39.0 Å². The number of rotatable bonds is 3. The van der Waals surface area contributed by atoms with Crippen molar-refractivity contribution < 1.29 is 17.9 Å². The minimum absolute atomic E-state index is 0.0295. The molecule has 1 aromatic carbocycles. The molecule has 5 nitrogen and oxygen atoms in total. The summed E-state index contributed by atoms with van der Waals surface area (Å²) in [6.45, 7) is 1.89. The van der Waals surface area contributed by atoms with Gasteiger partial charge < -0.3 is 10.1 Å². The molecule has 6 heteroatoms. The fourth-order valence-corrected chi connectivity index (χ4v) is 3.81. The van der Waals surface area contributed by atoms with E-state index in [1.54, 1.807) is 25.3 Å². The number of carbonyl (C=O) groups excluding carboxylic acids is 1. The number of hydrogen-bond acceptors (Lipinski definition) is 4. The van der Waals surface area contributed by atoms with Gasteiger partial charge >= 0.3 is 0 Å². The van der Waals surface area contributed by atoms with E-state index in [-0.39, 0.29) is 23.5 Å². The fraction of sp³-hybridized carbons (Fsp3) is 0.462. The highest BCUT2D eigenvalue weighted by Crippen LogP contribution is 2.19. The molecule has 0 saturated carbocycles. The van der Waals surface area contributed by atoms with Crippen LogP contribution in [0.4, 0.5) is 0 Å². The van der Waals surface area contributed by atoms with Gasteiger partial charge in [0.25, 0.3) is 5.91 Å². The molecule has 19 heavy (non-hydrogen) atoms. The zero-order valence-corrected chi connectivity index (χ0v) is 11.8. The van der Waals surface area contributed by atoms with Gasteiger partial charge in [-0.25, -0.2) is 8.42 Å². The quantitative estimate of drug-likeness (QED) is 0.895. The molecule has 1 unspecified atom stereocenters. The zero-order chi connectivity index (χ0) is 14.0. The van der Waals surface area contributed by atoms with Crippen molar-refractivity contribution in [2.45, 2.75) is 19.4 Å². The molecule has 1 aliphatic rings. The van der Waals surface area contributed by atoms with Gasteiger partial charge in [-0.15, -0.1) is 0 Å². The van der Waals surface area contributed by atoms with Crippen LogP contribution in [0.5, 0.6) is 5.75 Å². The Hall–Kier alpha value is -1.56. The van der Waals surface area contributed by atoms with Crippen LogP contribution in [0.1, 0.15) is 22.3 Å². The second kappa shape index (κ2) is 5.21. The molecule has 1 N–H and O–H groups in total. The highest BCUT2D eigenvalue weighted by atomic mass is 32.2. The Kier molecular flexibility index (Phi) is 3.80. The molecule has 0 radical (unpaired) electrons. The maximum Gasteiger partial charge on any atom is 0.251 e. The van der Waals surface area contributed by atoms with Gasteiger partial charge in [-0.1, -0.05) is 6.07 Å². The Labute approximate surface area is 112 Å². The maximum atomic E-state index is 12.0. The smallest absolute Gasteiger partial charge is 0.251 e. The van der Waals surface area contributed by atoms with Crippen LogP contribution in [0.2, 0.25) is 0 Å². The van der Waals surface area contributed by atoms with Crippen LogP contribution >= 0.6 is 0 Å². The third-order valence-corrected chi connectivity index (χ3v) is 5.01. The number of nitrogens with one attached hydrogen (secondary N) is 1. The van der Waals surface area contributed by atoms with E-state index in [1.165, 1.54) is 0 Å². The lowest BCUT2D eigenvalue weighted by Gasteiger charge is -2.12. The highest BCUT2D eigenvalue weighted by molar-refractivity contribution is 7.91. The molecular formula is C13H17NO4S. The molecule has 0 spiro atoms. The van der Waals surface area contributed by atoms with E-state index in [2.05, 4.69) is 5.32 Å². The zero-order valence-electron chi connectivity index (χ0n) is 11.0. The molecule has 1 saturated heterocycles. The van der Waals surface area contributed by atoms with Crippen LogP contribution < -0.4 is 10.1 Å². The van der Waals surface area contributed by atoms with Crippen molar-refractivity contribution in [3.05, 3.63) is 29.3 Å². The van der Waals surface area contributed by atoms with Gasteiger partial charge in [0.1, 0.15) is 5.75 Å². The van der Waals surface area contributed by atoms with Gasteiger partial charge in [0.05, 0.1) is 18.6 Å². The van der Waals surface area contributed by atoms with E-state index < -0.39 is 9.84 Å². The van der Waals surface area contributed by atoms with Gasteiger partial charge in [-0.05, 0) is 31.0 Å². The lowest BCUT2D eigenvalue weighted by Crippen LogP contribution is -2.35. The maximum absolute atomic E-state index is 12.0. The highest BCUT2D eigenvalue weighted by Gasteiger charge is 2.29. The Morgan fingerprint density at radius 2 is 2.16 bits per heavy atom. The molecule has 1 aliphatic heterocycles. The topological polar surface area (TPSA) is 72.5 Å². The second-order valence-electron chi connectivity index (χ2n) is 4.76. The molecule has 1 heterocycles. The molecule has 0 aromatic heterocycles. The van der Waals surface area contributed by atoms with Crippen molar-refractivity contribution >= 4 is 15.7 Å². The van der Waals surface area contributed by atoms with Gasteiger partial charge in [-0.3, -0.25) is 4.79 Å². The van der Waals surface area contributed by atoms with Crippen molar-refractivity contribution in [1.82, 2.24) is 5.32 Å². The predicted octanol–water partition coefficient (Wildman–Crippen LogP) is 0.921. The van der Waals surface area contributed by atoms with E-state index in [0.29, 0.717) is 17.7 Å². The minimum atomic E-state index is -2.98. The SMILES string of the molecule is COc1cc(C(=O)NC2CCS(=O)(=O)C2)ccc1C. The lowest BCUT2D eigenvalue weighted by atomic mass is 10.1. The van der Waals surface area contributed by atoms with Crippen molar-refractivity contribution in [2.24, 2.45) is 0 Å². The van der Waals surface area contributed by atoms with Crippen LogP contribution in [0.15, 0.2) is 18.2 Å². The average molecular weight is 283 g/mol. The number of benzene rings is 1. The van der Waals surface area contributed by atoms with Gasteiger partial charge in [0, 0.05) is 11.6 Å². The fourth-order valence-electron chi connectivity index (χ4n) is 2.14. The summed E-state index contributed by atoms with van der Waals surface area (Å²) in [5.74, 6) is 0.559. The van der Waals surface area contributed by atoms with Crippen LogP contribution in [0.25, 0.3) is 0 Å². The van der Waals surface area contributed by atoms with Crippen molar-refractivity contribution in [2.75, 3.05) is 18.6 Å².